The van der Waals surface area contributed by atoms with Gasteiger partial charge in [-0.2, -0.15) is 0 Å². The minimum atomic E-state index is -0.633. The first kappa shape index (κ1) is 19.6. The minimum absolute atomic E-state index is 0.0186. The maximum absolute atomic E-state index is 12.7. The van der Waals surface area contributed by atoms with Crippen molar-refractivity contribution in [3.8, 4) is 0 Å². The van der Waals surface area contributed by atoms with Crippen LogP contribution in [0.4, 0.5) is 5.13 Å². The van der Waals surface area contributed by atoms with E-state index in [2.05, 4.69) is 20.4 Å². The number of anilines is 1. The molecule has 2 atom stereocenters. The van der Waals surface area contributed by atoms with Crippen molar-refractivity contribution in [1.29, 1.82) is 0 Å². The number of β-lactam (4-membered cyclic amide) rings is 1. The van der Waals surface area contributed by atoms with E-state index in [0.29, 0.717) is 10.8 Å². The first-order chi connectivity index (χ1) is 14.1. The third-order valence-corrected chi connectivity index (χ3v) is 6.79. The number of rotatable bonds is 6. The molecule has 0 aromatic carbocycles. The fourth-order valence-corrected chi connectivity index (χ4v) is 5.13. The number of aromatic nitrogens is 2. The Morgan fingerprint density at radius 1 is 1.45 bits per heavy atom. The van der Waals surface area contributed by atoms with Crippen molar-refractivity contribution in [2.75, 3.05) is 18.6 Å². The van der Waals surface area contributed by atoms with E-state index in [1.807, 2.05) is 23.7 Å². The second-order valence-corrected chi connectivity index (χ2v) is 8.76. The van der Waals surface area contributed by atoms with Crippen LogP contribution in [-0.4, -0.2) is 56.7 Å². The fourth-order valence-electron chi connectivity index (χ4n) is 2.82. The smallest absolute Gasteiger partial charge is 0.276 e. The topological polar surface area (TPSA) is 123 Å². The lowest BCUT2D eigenvalue weighted by molar-refractivity contribution is -0.143. The number of carbonyl (C=O) groups is 2. The summed E-state index contributed by atoms with van der Waals surface area (Å²) in [5.41, 5.74) is 9.58. The molecule has 0 aliphatic carbocycles. The maximum atomic E-state index is 12.7. The average Bonchev–Trinajstić information content (AvgIpc) is 3.40. The summed E-state index contributed by atoms with van der Waals surface area (Å²) in [6.07, 6.45) is 5.69. The number of allylic oxidation sites excluding steroid dienone is 1. The van der Waals surface area contributed by atoms with Gasteiger partial charge in [0.1, 0.15) is 24.2 Å². The molecular weight excluding hydrogens is 432 g/mol. The number of nitrogens with one attached hydrogen (secondary N) is 1. The van der Waals surface area contributed by atoms with Gasteiger partial charge < -0.3 is 20.8 Å². The number of thioether (sulfide) groups is 1. The number of hydrogen-bond donors (Lipinski definition) is 2. The van der Waals surface area contributed by atoms with Crippen molar-refractivity contribution in [1.82, 2.24) is 20.2 Å². The lowest BCUT2D eigenvalue weighted by Crippen LogP contribution is -2.69. The standard InChI is InChI=1S/C17H16N6O3S3/c1-26-22-12(11-7-29-17(18)20-11)14(24)21-13-15(25)23-4-9(5-28-16(13)23)2-3-10-6-27-8-19-10/h2-4,6-8,13,16H,5H2,1H3,(H2,18,20)(H,21,24)/t13?,16-/m0/s1. The molecule has 2 aromatic rings. The highest BCUT2D eigenvalue weighted by molar-refractivity contribution is 8.00. The second kappa shape index (κ2) is 8.35. The van der Waals surface area contributed by atoms with Crippen molar-refractivity contribution in [2.24, 2.45) is 5.16 Å². The molecule has 2 amide bonds. The quantitative estimate of drug-likeness (QED) is 0.390. The Morgan fingerprint density at radius 2 is 2.31 bits per heavy atom. The van der Waals surface area contributed by atoms with Gasteiger partial charge in [0.2, 0.25) is 0 Å². The third-order valence-electron chi connectivity index (χ3n) is 4.17. The van der Waals surface area contributed by atoms with E-state index >= 15 is 0 Å². The van der Waals surface area contributed by atoms with Crippen LogP contribution in [-0.2, 0) is 14.4 Å². The predicted molar refractivity (Wildman–Crippen MR) is 114 cm³/mol. The first-order valence-corrected chi connectivity index (χ1v) is 11.3. The van der Waals surface area contributed by atoms with Gasteiger partial charge in [0.25, 0.3) is 11.8 Å². The molecule has 0 spiro atoms. The lowest BCUT2D eigenvalue weighted by atomic mass is 10.1. The van der Waals surface area contributed by atoms with E-state index in [1.54, 1.807) is 27.6 Å². The molecule has 1 unspecified atom stereocenters. The summed E-state index contributed by atoms with van der Waals surface area (Å²) in [6.45, 7) is 0. The van der Waals surface area contributed by atoms with Crippen molar-refractivity contribution < 1.29 is 14.4 Å². The molecule has 2 aliphatic rings. The van der Waals surface area contributed by atoms with Crippen LogP contribution in [0.15, 0.2) is 39.3 Å². The summed E-state index contributed by atoms with van der Waals surface area (Å²) < 4.78 is 0. The Labute approximate surface area is 178 Å². The summed E-state index contributed by atoms with van der Waals surface area (Å²) in [4.78, 5) is 39.8. The molecule has 0 radical (unpaired) electrons. The van der Waals surface area contributed by atoms with Crippen molar-refractivity contribution in [2.45, 2.75) is 11.4 Å². The molecule has 0 saturated carbocycles. The molecule has 12 heteroatoms. The third kappa shape index (κ3) is 4.04. The van der Waals surface area contributed by atoms with Crippen molar-refractivity contribution in [3.63, 3.8) is 0 Å². The predicted octanol–water partition coefficient (Wildman–Crippen LogP) is 1.53. The van der Waals surface area contributed by atoms with E-state index < -0.39 is 11.9 Å². The van der Waals surface area contributed by atoms with Crippen molar-refractivity contribution in [3.05, 3.63) is 45.5 Å². The van der Waals surface area contributed by atoms with E-state index in [4.69, 9.17) is 10.6 Å². The van der Waals surface area contributed by atoms with Gasteiger partial charge in [0.05, 0.1) is 11.2 Å². The van der Waals surface area contributed by atoms with Gasteiger partial charge in [0.15, 0.2) is 10.8 Å². The Hall–Kier alpha value is -2.70. The van der Waals surface area contributed by atoms with E-state index in [-0.39, 0.29) is 17.0 Å². The molecule has 29 heavy (non-hydrogen) atoms. The number of nitrogen functional groups attached to an aromatic ring is 1. The number of carbonyl (C=O) groups excluding carboxylic acids is 2. The van der Waals surface area contributed by atoms with Gasteiger partial charge in [-0.15, -0.1) is 34.4 Å². The lowest BCUT2D eigenvalue weighted by Gasteiger charge is -2.47. The van der Waals surface area contributed by atoms with E-state index in [0.717, 1.165) is 17.0 Å². The van der Waals surface area contributed by atoms with Crippen LogP contribution >= 0.6 is 34.4 Å². The van der Waals surface area contributed by atoms with Crippen LogP contribution in [0.1, 0.15) is 11.4 Å². The Kier molecular flexibility index (Phi) is 5.65. The molecule has 2 aromatic heterocycles. The van der Waals surface area contributed by atoms with Gasteiger partial charge in [-0.05, 0) is 11.6 Å². The van der Waals surface area contributed by atoms with Crippen LogP contribution in [0.2, 0.25) is 0 Å². The summed E-state index contributed by atoms with van der Waals surface area (Å²) in [7, 11) is 1.34. The zero-order valence-corrected chi connectivity index (χ0v) is 17.6. The second-order valence-electron chi connectivity index (χ2n) is 6.04. The molecule has 150 valence electrons. The number of nitrogens with two attached hydrogens (primary N) is 1. The Morgan fingerprint density at radius 3 is 3.00 bits per heavy atom. The maximum Gasteiger partial charge on any atom is 0.276 e. The Balaban J connectivity index is 1.42. The van der Waals surface area contributed by atoms with Crippen LogP contribution in [0.25, 0.3) is 6.08 Å². The molecule has 4 rings (SSSR count). The van der Waals surface area contributed by atoms with Gasteiger partial charge in [-0.25, -0.2) is 9.97 Å². The van der Waals surface area contributed by atoms with Gasteiger partial charge in [-0.1, -0.05) is 11.2 Å². The summed E-state index contributed by atoms with van der Waals surface area (Å²) >= 11 is 4.30. The molecular formula is C17H16N6O3S3. The average molecular weight is 449 g/mol. The molecule has 2 aliphatic heterocycles. The molecule has 0 bridgehead atoms. The van der Waals surface area contributed by atoms with Gasteiger partial charge >= 0.3 is 0 Å². The summed E-state index contributed by atoms with van der Waals surface area (Å²) in [5, 5.41) is 10.2. The monoisotopic (exact) mass is 448 g/mol. The fraction of sp³-hybridized carbons (Fsp3) is 0.235. The number of hydrogen-bond acceptors (Lipinski definition) is 10. The molecule has 1 saturated heterocycles. The summed E-state index contributed by atoms with van der Waals surface area (Å²) in [5.74, 6) is 0.0157. The van der Waals surface area contributed by atoms with E-state index in [1.165, 1.54) is 29.8 Å². The first-order valence-electron chi connectivity index (χ1n) is 8.41. The zero-order chi connectivity index (χ0) is 20.4. The largest absolute Gasteiger partial charge is 0.398 e. The van der Waals surface area contributed by atoms with Gasteiger partial charge in [0, 0.05) is 22.7 Å². The highest BCUT2D eigenvalue weighted by Crippen LogP contribution is 2.36. The number of amides is 2. The normalized spacial score (nSPS) is 21.6. The number of nitrogens with zero attached hydrogens (tertiary/aromatic N) is 4. The molecule has 3 N–H and O–H groups in total. The summed E-state index contributed by atoms with van der Waals surface area (Å²) in [6, 6.07) is -0.633. The highest BCUT2D eigenvalue weighted by Gasteiger charge is 2.49. The van der Waals surface area contributed by atoms with Crippen LogP contribution in [0, 0.1) is 0 Å². The SMILES string of the molecule is CON=C(C(=O)NC1C(=O)N2C=C(C=Cc3cscn3)CS[C@@H]12)c1csc(N)n1. The molecule has 9 nitrogen and oxygen atoms in total. The molecule has 4 heterocycles. The van der Waals surface area contributed by atoms with Gasteiger partial charge in [-0.3, -0.25) is 9.59 Å². The van der Waals surface area contributed by atoms with Crippen LogP contribution in [0.5, 0.6) is 0 Å². The number of oxime groups is 1. The Bertz CT molecular complexity index is 1010. The highest BCUT2D eigenvalue weighted by atomic mass is 32.2. The van der Waals surface area contributed by atoms with Crippen LogP contribution in [0.3, 0.4) is 0 Å². The molecule has 1 fully saturated rings. The van der Waals surface area contributed by atoms with Crippen LogP contribution < -0.4 is 11.1 Å². The minimum Gasteiger partial charge on any atom is -0.398 e. The number of fused-ring (bicyclic) bond motifs is 1. The number of thiazole rings is 2. The van der Waals surface area contributed by atoms with E-state index in [9.17, 15) is 9.59 Å². The van der Waals surface area contributed by atoms with Crippen molar-refractivity contribution >= 4 is 63.2 Å². The zero-order valence-electron chi connectivity index (χ0n) is 15.1.